The lowest BCUT2D eigenvalue weighted by molar-refractivity contribution is 0.0593. The third-order valence-electron chi connectivity index (χ3n) is 4.49. The van der Waals surface area contributed by atoms with Crippen LogP contribution in [-0.2, 0) is 6.54 Å². The molecule has 0 fully saturated rings. The minimum atomic E-state index is -0.311. The van der Waals surface area contributed by atoms with Crippen LogP contribution in [0.5, 0.6) is 0 Å². The number of benzene rings is 1. The predicted molar refractivity (Wildman–Crippen MR) is 94.6 cm³/mol. The van der Waals surface area contributed by atoms with E-state index < -0.39 is 0 Å². The van der Waals surface area contributed by atoms with E-state index in [0.29, 0.717) is 24.7 Å². The zero-order chi connectivity index (χ0) is 18.3. The van der Waals surface area contributed by atoms with Gasteiger partial charge < -0.3 is 9.32 Å². The van der Waals surface area contributed by atoms with E-state index in [1.807, 2.05) is 41.9 Å². The first-order chi connectivity index (χ1) is 12.5. The molecular weight excluding hydrogens is 332 g/mol. The average Bonchev–Trinajstić information content (AvgIpc) is 3.07. The first-order valence-electron chi connectivity index (χ1n) is 8.46. The summed E-state index contributed by atoms with van der Waals surface area (Å²) in [6.07, 6.45) is 0. The molecule has 0 radical (unpaired) electrons. The SMILES string of the molecule is Cc1cc(=O)cc(C(=O)N2CCn3nc(-c4ccccc4)nc3[C@@H]2C)o1. The fraction of sp³-hybridized carbons (Fsp3) is 0.263. The van der Waals surface area contributed by atoms with Gasteiger partial charge in [0.05, 0.1) is 12.6 Å². The Morgan fingerprint density at radius 2 is 1.96 bits per heavy atom. The molecule has 2 aromatic heterocycles. The molecule has 0 spiro atoms. The summed E-state index contributed by atoms with van der Waals surface area (Å²) in [7, 11) is 0. The van der Waals surface area contributed by atoms with Crippen molar-refractivity contribution in [2.24, 2.45) is 0 Å². The highest BCUT2D eigenvalue weighted by Crippen LogP contribution is 2.27. The van der Waals surface area contributed by atoms with Crippen molar-refractivity contribution in [1.29, 1.82) is 0 Å². The van der Waals surface area contributed by atoms with Gasteiger partial charge in [0.1, 0.15) is 11.6 Å². The molecule has 3 heterocycles. The van der Waals surface area contributed by atoms with E-state index >= 15 is 0 Å². The maximum Gasteiger partial charge on any atom is 0.290 e. The number of carbonyl (C=O) groups is 1. The number of hydrogen-bond acceptors (Lipinski definition) is 5. The van der Waals surface area contributed by atoms with Crippen LogP contribution in [0.2, 0.25) is 0 Å². The summed E-state index contributed by atoms with van der Waals surface area (Å²) in [6.45, 7) is 4.57. The Balaban J connectivity index is 1.65. The topological polar surface area (TPSA) is 81.2 Å². The normalized spacial score (nSPS) is 16.4. The predicted octanol–water partition coefficient (Wildman–Crippen LogP) is 2.42. The van der Waals surface area contributed by atoms with Crippen molar-refractivity contribution in [2.45, 2.75) is 26.4 Å². The number of nitrogens with zero attached hydrogens (tertiary/aromatic N) is 4. The molecule has 0 bridgehead atoms. The highest BCUT2D eigenvalue weighted by Gasteiger charge is 2.32. The van der Waals surface area contributed by atoms with Gasteiger partial charge in [0.25, 0.3) is 5.91 Å². The number of rotatable bonds is 2. The van der Waals surface area contributed by atoms with E-state index in [9.17, 15) is 9.59 Å². The van der Waals surface area contributed by atoms with Crippen LogP contribution in [0.25, 0.3) is 11.4 Å². The fourth-order valence-corrected chi connectivity index (χ4v) is 3.20. The first kappa shape index (κ1) is 16.3. The standard InChI is InChI=1S/C19H18N4O3/c1-12-10-15(24)11-16(26-12)19(25)22-8-9-23-18(13(22)2)20-17(21-23)14-6-4-3-5-7-14/h3-7,10-11,13H,8-9H2,1-2H3/t13-/m0/s1. The summed E-state index contributed by atoms with van der Waals surface area (Å²) < 4.78 is 7.29. The van der Waals surface area contributed by atoms with Gasteiger partial charge in [-0.15, -0.1) is 0 Å². The zero-order valence-corrected chi connectivity index (χ0v) is 14.5. The highest BCUT2D eigenvalue weighted by molar-refractivity contribution is 5.91. The van der Waals surface area contributed by atoms with Crippen molar-refractivity contribution in [2.75, 3.05) is 6.54 Å². The third kappa shape index (κ3) is 2.81. The quantitative estimate of drug-likeness (QED) is 0.709. The van der Waals surface area contributed by atoms with Crippen LogP contribution in [0, 0.1) is 6.92 Å². The van der Waals surface area contributed by atoms with Crippen LogP contribution in [0.4, 0.5) is 0 Å². The van der Waals surface area contributed by atoms with Crippen molar-refractivity contribution >= 4 is 5.91 Å². The Hall–Kier alpha value is -3.22. The summed E-state index contributed by atoms with van der Waals surface area (Å²) in [5.74, 6) is 1.52. The van der Waals surface area contributed by atoms with Gasteiger partial charge in [-0.2, -0.15) is 5.10 Å². The van der Waals surface area contributed by atoms with Gasteiger partial charge in [0.15, 0.2) is 17.0 Å². The molecule has 3 aromatic rings. The summed E-state index contributed by atoms with van der Waals surface area (Å²) in [4.78, 5) is 30.8. The maximum atomic E-state index is 12.8. The number of aryl methyl sites for hydroxylation is 1. The van der Waals surface area contributed by atoms with E-state index in [1.165, 1.54) is 12.1 Å². The van der Waals surface area contributed by atoms with Crippen molar-refractivity contribution in [1.82, 2.24) is 19.7 Å². The van der Waals surface area contributed by atoms with Gasteiger partial charge in [-0.25, -0.2) is 9.67 Å². The van der Waals surface area contributed by atoms with Gasteiger partial charge in [-0.1, -0.05) is 30.3 Å². The van der Waals surface area contributed by atoms with Crippen LogP contribution >= 0.6 is 0 Å². The Morgan fingerprint density at radius 1 is 1.19 bits per heavy atom. The van der Waals surface area contributed by atoms with Crippen molar-refractivity contribution in [3.8, 4) is 11.4 Å². The summed E-state index contributed by atoms with van der Waals surface area (Å²) in [5.41, 5.74) is 0.695. The molecule has 1 aliphatic rings. The Bertz CT molecular complexity index is 1020. The maximum absolute atomic E-state index is 12.8. The summed E-state index contributed by atoms with van der Waals surface area (Å²) >= 11 is 0. The molecule has 4 rings (SSSR count). The molecule has 0 N–H and O–H groups in total. The highest BCUT2D eigenvalue weighted by atomic mass is 16.3. The number of amides is 1. The minimum absolute atomic E-state index is 0.0538. The largest absolute Gasteiger partial charge is 0.456 e. The van der Waals surface area contributed by atoms with E-state index in [1.54, 1.807) is 11.8 Å². The van der Waals surface area contributed by atoms with Gasteiger partial charge in [-0.3, -0.25) is 9.59 Å². The lowest BCUT2D eigenvalue weighted by Crippen LogP contribution is -2.41. The summed E-state index contributed by atoms with van der Waals surface area (Å²) in [6, 6.07) is 12.1. The monoisotopic (exact) mass is 350 g/mol. The molecule has 0 saturated carbocycles. The molecule has 1 atom stereocenters. The molecule has 7 nitrogen and oxygen atoms in total. The van der Waals surface area contributed by atoms with E-state index in [0.717, 1.165) is 11.4 Å². The van der Waals surface area contributed by atoms with E-state index in [2.05, 4.69) is 10.1 Å². The molecule has 0 aliphatic carbocycles. The van der Waals surface area contributed by atoms with Crippen LogP contribution in [0.15, 0.2) is 51.7 Å². The second-order valence-electron chi connectivity index (χ2n) is 6.33. The van der Waals surface area contributed by atoms with Gasteiger partial charge in [0.2, 0.25) is 0 Å². The number of hydrogen-bond donors (Lipinski definition) is 0. The second kappa shape index (κ2) is 6.25. The lowest BCUT2D eigenvalue weighted by atomic mass is 10.2. The number of fused-ring (bicyclic) bond motifs is 1. The van der Waals surface area contributed by atoms with E-state index in [4.69, 9.17) is 4.42 Å². The van der Waals surface area contributed by atoms with Gasteiger partial charge in [0, 0.05) is 24.2 Å². The van der Waals surface area contributed by atoms with Crippen LogP contribution in [-0.4, -0.2) is 32.1 Å². The zero-order valence-electron chi connectivity index (χ0n) is 14.5. The molecule has 1 aromatic carbocycles. The molecule has 7 heteroatoms. The molecule has 0 unspecified atom stereocenters. The average molecular weight is 350 g/mol. The Labute approximate surface area is 149 Å². The molecule has 26 heavy (non-hydrogen) atoms. The fourth-order valence-electron chi connectivity index (χ4n) is 3.20. The second-order valence-corrected chi connectivity index (χ2v) is 6.33. The molecular formula is C19H18N4O3. The minimum Gasteiger partial charge on any atom is -0.456 e. The molecule has 132 valence electrons. The Morgan fingerprint density at radius 3 is 2.69 bits per heavy atom. The molecule has 0 saturated heterocycles. The molecule has 1 amide bonds. The third-order valence-corrected chi connectivity index (χ3v) is 4.49. The number of aromatic nitrogens is 3. The van der Waals surface area contributed by atoms with Gasteiger partial charge in [-0.05, 0) is 13.8 Å². The number of carbonyl (C=O) groups excluding carboxylic acids is 1. The first-order valence-corrected chi connectivity index (χ1v) is 8.46. The van der Waals surface area contributed by atoms with Crippen LogP contribution in [0.3, 0.4) is 0 Å². The van der Waals surface area contributed by atoms with E-state index in [-0.39, 0.29) is 23.1 Å². The van der Waals surface area contributed by atoms with Crippen molar-refractivity contribution in [3.63, 3.8) is 0 Å². The Kier molecular flexibility index (Phi) is 3.91. The van der Waals surface area contributed by atoms with Gasteiger partial charge >= 0.3 is 0 Å². The van der Waals surface area contributed by atoms with Crippen LogP contribution in [0.1, 0.15) is 35.1 Å². The van der Waals surface area contributed by atoms with Crippen LogP contribution < -0.4 is 5.43 Å². The smallest absolute Gasteiger partial charge is 0.290 e. The molecule has 1 aliphatic heterocycles. The lowest BCUT2D eigenvalue weighted by Gasteiger charge is -2.32. The van der Waals surface area contributed by atoms with Crippen molar-refractivity contribution < 1.29 is 9.21 Å². The summed E-state index contributed by atoms with van der Waals surface area (Å²) in [5, 5.41) is 4.56. The van der Waals surface area contributed by atoms with Crippen molar-refractivity contribution in [3.05, 3.63) is 70.0 Å².